The molecule has 4 nitrogen and oxygen atoms in total. The van der Waals surface area contributed by atoms with Crippen molar-refractivity contribution < 1.29 is 10.0 Å². The van der Waals surface area contributed by atoms with Crippen LogP contribution in [-0.2, 0) is 0 Å². The topological polar surface area (TPSA) is 63.4 Å². The van der Waals surface area contributed by atoms with Gasteiger partial charge in [-0.3, -0.25) is 10.1 Å². The molecule has 0 unspecified atom stereocenters. The molecule has 1 N–H and O–H groups in total. The Bertz CT molecular complexity index is 390. The smallest absolute Gasteiger partial charge is 0.301 e. The number of aromatic hydroxyl groups is 1. The van der Waals surface area contributed by atoms with Crippen LogP contribution >= 0.6 is 47.8 Å². The molecule has 0 saturated carbocycles. The first-order valence-corrected chi connectivity index (χ1v) is 5.76. The minimum absolute atomic E-state index is 0.0619. The van der Waals surface area contributed by atoms with Crippen LogP contribution in [0.25, 0.3) is 0 Å². The summed E-state index contributed by atoms with van der Waals surface area (Å²) in [6.07, 6.45) is 0. The second-order valence-corrected chi connectivity index (χ2v) is 4.90. The zero-order valence-corrected chi connectivity index (χ0v) is 11.6. The lowest BCUT2D eigenvalue weighted by atomic mass is 10.2. The number of nitrogens with zero attached hydrogens (tertiary/aromatic N) is 1. The highest BCUT2D eigenvalue weighted by molar-refractivity contribution is 9.11. The van der Waals surface area contributed by atoms with E-state index in [-0.39, 0.29) is 15.9 Å². The molecule has 76 valence electrons. The van der Waals surface area contributed by atoms with Crippen LogP contribution in [0.5, 0.6) is 5.75 Å². The molecule has 14 heavy (non-hydrogen) atoms. The molecule has 0 atom stereocenters. The SMILES string of the molecule is Cc1c(Br)c(O)c(Br)c([N+](=O)[O-])c1Br. The molecule has 0 aliphatic carbocycles. The molecule has 0 aliphatic heterocycles. The molecule has 0 heterocycles. The molecule has 0 amide bonds. The lowest BCUT2D eigenvalue weighted by Gasteiger charge is -2.07. The Morgan fingerprint density at radius 1 is 1.21 bits per heavy atom. The predicted octanol–water partition coefficient (Wildman–Crippen LogP) is 3.90. The van der Waals surface area contributed by atoms with Gasteiger partial charge in [0.1, 0.15) is 8.95 Å². The van der Waals surface area contributed by atoms with Crippen LogP contribution < -0.4 is 0 Å². The van der Waals surface area contributed by atoms with Crippen molar-refractivity contribution in [2.75, 3.05) is 0 Å². The van der Waals surface area contributed by atoms with Crippen molar-refractivity contribution in [3.05, 3.63) is 29.1 Å². The summed E-state index contributed by atoms with van der Waals surface area (Å²) < 4.78 is 0.841. The standard InChI is InChI=1S/C7H4Br3NO3/c1-2-3(8)6(11(13)14)5(10)7(12)4(2)9/h12H,1H3. The lowest BCUT2D eigenvalue weighted by Crippen LogP contribution is -1.94. The number of hydrogen-bond acceptors (Lipinski definition) is 3. The first-order chi connectivity index (χ1) is 6.37. The van der Waals surface area contributed by atoms with Crippen molar-refractivity contribution in [3.63, 3.8) is 0 Å². The second kappa shape index (κ2) is 4.16. The molecule has 1 aromatic rings. The number of halogens is 3. The van der Waals surface area contributed by atoms with E-state index in [1.165, 1.54) is 0 Å². The largest absolute Gasteiger partial charge is 0.505 e. The highest BCUT2D eigenvalue weighted by Crippen LogP contribution is 2.46. The van der Waals surface area contributed by atoms with E-state index in [9.17, 15) is 15.2 Å². The molecule has 0 aromatic heterocycles. The molecule has 1 aromatic carbocycles. The quantitative estimate of drug-likeness (QED) is 0.585. The fraction of sp³-hybridized carbons (Fsp3) is 0.143. The highest BCUT2D eigenvalue weighted by Gasteiger charge is 2.25. The minimum Gasteiger partial charge on any atom is -0.505 e. The van der Waals surface area contributed by atoms with Crippen LogP contribution in [0.15, 0.2) is 13.4 Å². The van der Waals surface area contributed by atoms with Gasteiger partial charge in [-0.15, -0.1) is 0 Å². The van der Waals surface area contributed by atoms with Gasteiger partial charge in [0.15, 0.2) is 5.75 Å². The minimum atomic E-state index is -0.562. The van der Waals surface area contributed by atoms with Crippen LogP contribution in [0.3, 0.4) is 0 Å². The van der Waals surface area contributed by atoms with Gasteiger partial charge in [-0.25, -0.2) is 0 Å². The van der Waals surface area contributed by atoms with Crippen LogP contribution in [0.1, 0.15) is 5.56 Å². The van der Waals surface area contributed by atoms with E-state index >= 15 is 0 Å². The molecule has 1 rings (SSSR count). The number of rotatable bonds is 1. The molecular formula is C7H4Br3NO3. The van der Waals surface area contributed by atoms with Gasteiger partial charge in [-0.2, -0.15) is 0 Å². The van der Waals surface area contributed by atoms with Crippen LogP contribution in [0.4, 0.5) is 5.69 Å². The maximum atomic E-state index is 10.7. The summed E-state index contributed by atoms with van der Waals surface area (Å²) in [5.74, 6) is -0.169. The molecule has 7 heteroatoms. The summed E-state index contributed by atoms with van der Waals surface area (Å²) in [5.41, 5.74) is 0.403. The van der Waals surface area contributed by atoms with Crippen molar-refractivity contribution >= 4 is 53.5 Å². The van der Waals surface area contributed by atoms with Crippen LogP contribution in [-0.4, -0.2) is 10.0 Å². The van der Waals surface area contributed by atoms with E-state index in [2.05, 4.69) is 47.8 Å². The number of hydrogen-bond donors (Lipinski definition) is 1. The number of nitro benzene ring substituents is 1. The summed E-state index contributed by atoms with van der Waals surface area (Å²) in [5, 5.41) is 20.2. The normalized spacial score (nSPS) is 10.3. The first-order valence-electron chi connectivity index (χ1n) is 3.38. The monoisotopic (exact) mass is 387 g/mol. The van der Waals surface area contributed by atoms with Gasteiger partial charge in [0, 0.05) is 0 Å². The summed E-state index contributed by atoms with van der Waals surface area (Å²) in [7, 11) is 0. The third kappa shape index (κ3) is 1.80. The number of phenols is 1. The summed E-state index contributed by atoms with van der Waals surface area (Å²) in [6, 6.07) is 0. The third-order valence-electron chi connectivity index (χ3n) is 1.67. The van der Waals surface area contributed by atoms with E-state index in [1.807, 2.05) is 0 Å². The Balaban J connectivity index is 3.68. The van der Waals surface area contributed by atoms with Gasteiger partial charge in [0.05, 0.1) is 9.40 Å². The molecule has 0 bridgehead atoms. The van der Waals surface area contributed by atoms with E-state index in [1.54, 1.807) is 6.92 Å². The highest BCUT2D eigenvalue weighted by atomic mass is 79.9. The first kappa shape index (κ1) is 11.9. The maximum Gasteiger partial charge on any atom is 0.301 e. The summed E-state index contributed by atoms with van der Waals surface area (Å²) >= 11 is 9.20. The van der Waals surface area contributed by atoms with Gasteiger partial charge in [0.25, 0.3) is 0 Å². The average Bonchev–Trinajstić information content (AvgIpc) is 2.11. The Hall–Kier alpha value is -0.140. The van der Waals surface area contributed by atoms with Gasteiger partial charge < -0.3 is 5.11 Å². The van der Waals surface area contributed by atoms with Crippen molar-refractivity contribution in [1.29, 1.82) is 0 Å². The van der Waals surface area contributed by atoms with Crippen molar-refractivity contribution in [2.45, 2.75) is 6.92 Å². The number of nitro groups is 1. The Morgan fingerprint density at radius 3 is 2.14 bits per heavy atom. The summed E-state index contributed by atoms with van der Waals surface area (Å²) in [6.45, 7) is 1.66. The van der Waals surface area contributed by atoms with Gasteiger partial charge in [0.2, 0.25) is 0 Å². The zero-order valence-electron chi connectivity index (χ0n) is 6.84. The van der Waals surface area contributed by atoms with E-state index in [4.69, 9.17) is 0 Å². The third-order valence-corrected chi connectivity index (χ3v) is 4.36. The lowest BCUT2D eigenvalue weighted by molar-refractivity contribution is -0.386. The van der Waals surface area contributed by atoms with E-state index in [0.717, 1.165) is 0 Å². The molecular weight excluding hydrogens is 386 g/mol. The van der Waals surface area contributed by atoms with Crippen molar-refractivity contribution in [2.24, 2.45) is 0 Å². The van der Waals surface area contributed by atoms with Crippen molar-refractivity contribution in [1.82, 2.24) is 0 Å². The summed E-state index contributed by atoms with van der Waals surface area (Å²) in [4.78, 5) is 10.1. The maximum absolute atomic E-state index is 10.7. The van der Waals surface area contributed by atoms with Gasteiger partial charge in [-0.05, 0) is 60.3 Å². The molecule has 0 radical (unpaired) electrons. The fourth-order valence-corrected chi connectivity index (χ4v) is 3.19. The molecule has 0 spiro atoms. The van der Waals surface area contributed by atoms with Crippen molar-refractivity contribution in [3.8, 4) is 5.75 Å². The van der Waals surface area contributed by atoms with Gasteiger partial charge >= 0.3 is 5.69 Å². The molecule has 0 fully saturated rings. The molecule has 0 saturated heterocycles. The van der Waals surface area contributed by atoms with E-state index < -0.39 is 4.92 Å². The average molecular weight is 390 g/mol. The Kier molecular flexibility index (Phi) is 3.54. The predicted molar refractivity (Wildman–Crippen MR) is 62.6 cm³/mol. The Morgan fingerprint density at radius 2 is 1.71 bits per heavy atom. The van der Waals surface area contributed by atoms with Gasteiger partial charge in [-0.1, -0.05) is 0 Å². The Labute approximate surface area is 105 Å². The number of phenolic OH excluding ortho intramolecular Hbond substituents is 1. The zero-order chi connectivity index (χ0) is 11.0. The second-order valence-electron chi connectivity index (χ2n) is 2.52. The van der Waals surface area contributed by atoms with E-state index in [0.29, 0.717) is 14.5 Å². The fourth-order valence-electron chi connectivity index (χ4n) is 0.917. The van der Waals surface area contributed by atoms with Crippen LogP contribution in [0.2, 0.25) is 0 Å². The van der Waals surface area contributed by atoms with Crippen LogP contribution in [0, 0.1) is 17.0 Å². The number of benzene rings is 1. The molecule has 0 aliphatic rings.